The molecule has 1 radical (unpaired) electrons. The van der Waals surface area contributed by atoms with Gasteiger partial charge in [0.05, 0.1) is 10.6 Å². The first-order chi connectivity index (χ1) is 8.00. The van der Waals surface area contributed by atoms with Crippen molar-refractivity contribution in [3.05, 3.63) is 59.1 Å². The third kappa shape index (κ3) is 2.44. The predicted octanol–water partition coefficient (Wildman–Crippen LogP) is 4.83. The summed E-state index contributed by atoms with van der Waals surface area (Å²) in [6.45, 7) is 0. The van der Waals surface area contributed by atoms with Crippen molar-refractivity contribution >= 4 is 11.6 Å². The fraction of sp³-hybridized carbons (Fsp3) is 0.0769. The molecule has 0 heterocycles. The number of benzene rings is 2. The zero-order chi connectivity index (χ0) is 12.5. The maximum Gasteiger partial charge on any atom is 0.417 e. The van der Waals surface area contributed by atoms with Crippen LogP contribution in [0.3, 0.4) is 0 Å². The lowest BCUT2D eigenvalue weighted by atomic mass is 10.0. The molecule has 0 aliphatic rings. The molecular weight excluding hydrogens is 249 g/mol. The minimum absolute atomic E-state index is 0.266. The van der Waals surface area contributed by atoms with Crippen molar-refractivity contribution < 1.29 is 13.2 Å². The minimum Gasteiger partial charge on any atom is -0.166 e. The van der Waals surface area contributed by atoms with Crippen LogP contribution in [0.4, 0.5) is 13.2 Å². The second-order valence-corrected chi connectivity index (χ2v) is 3.82. The molecule has 4 heteroatoms. The summed E-state index contributed by atoms with van der Waals surface area (Å²) in [4.78, 5) is 0. The molecule has 17 heavy (non-hydrogen) atoms. The van der Waals surface area contributed by atoms with E-state index in [4.69, 9.17) is 11.6 Å². The lowest BCUT2D eigenvalue weighted by Gasteiger charge is -2.11. The number of rotatable bonds is 1. The van der Waals surface area contributed by atoms with Crippen LogP contribution in [0, 0.1) is 6.07 Å². The fourth-order valence-electron chi connectivity index (χ4n) is 1.51. The zero-order valence-corrected chi connectivity index (χ0v) is 9.31. The molecule has 2 aromatic carbocycles. The molecule has 0 N–H and O–H groups in total. The Hall–Kier alpha value is -1.48. The third-order valence-corrected chi connectivity index (χ3v) is 2.69. The van der Waals surface area contributed by atoms with E-state index in [1.165, 1.54) is 6.07 Å². The van der Waals surface area contributed by atoms with E-state index in [1.54, 1.807) is 30.3 Å². The highest BCUT2D eigenvalue weighted by Crippen LogP contribution is 2.39. The van der Waals surface area contributed by atoms with E-state index >= 15 is 0 Å². The predicted molar refractivity (Wildman–Crippen MR) is 60.7 cm³/mol. The van der Waals surface area contributed by atoms with Crippen LogP contribution in [0.2, 0.25) is 5.02 Å². The first-order valence-corrected chi connectivity index (χ1v) is 5.21. The van der Waals surface area contributed by atoms with Gasteiger partial charge in [-0.3, -0.25) is 0 Å². The highest BCUT2D eigenvalue weighted by molar-refractivity contribution is 6.34. The van der Waals surface area contributed by atoms with Crippen LogP contribution in [-0.2, 0) is 6.18 Å². The summed E-state index contributed by atoms with van der Waals surface area (Å²) in [6.07, 6.45) is -4.45. The highest BCUT2D eigenvalue weighted by Gasteiger charge is 2.33. The van der Waals surface area contributed by atoms with Gasteiger partial charge in [-0.1, -0.05) is 48.0 Å². The van der Waals surface area contributed by atoms with Crippen LogP contribution in [0.15, 0.2) is 42.5 Å². The first kappa shape index (κ1) is 12.0. The van der Waals surface area contributed by atoms with Crippen molar-refractivity contribution in [1.82, 2.24) is 0 Å². The standard InChI is InChI=1S/C13H7ClF3/c14-12-10(9-5-2-1-3-6-9)7-4-8-11(12)13(15,16)17/h1-6,8H. The summed E-state index contributed by atoms with van der Waals surface area (Å²) in [5.74, 6) is 0. The second-order valence-electron chi connectivity index (χ2n) is 3.44. The first-order valence-electron chi connectivity index (χ1n) is 4.83. The summed E-state index contributed by atoms with van der Waals surface area (Å²) < 4.78 is 37.9. The largest absolute Gasteiger partial charge is 0.417 e. The molecule has 0 atom stereocenters. The Kier molecular flexibility index (Phi) is 3.11. The van der Waals surface area contributed by atoms with Crippen molar-refractivity contribution in [2.45, 2.75) is 6.18 Å². The minimum atomic E-state index is -4.45. The lowest BCUT2D eigenvalue weighted by Crippen LogP contribution is -2.06. The van der Waals surface area contributed by atoms with Crippen LogP contribution in [-0.4, -0.2) is 0 Å². The third-order valence-electron chi connectivity index (χ3n) is 2.30. The summed E-state index contributed by atoms with van der Waals surface area (Å²) in [6, 6.07) is 13.5. The molecule has 0 saturated carbocycles. The number of hydrogen-bond donors (Lipinski definition) is 0. The van der Waals surface area contributed by atoms with Gasteiger partial charge in [0.1, 0.15) is 0 Å². The van der Waals surface area contributed by atoms with Crippen molar-refractivity contribution in [1.29, 1.82) is 0 Å². The van der Waals surface area contributed by atoms with Gasteiger partial charge in [-0.25, -0.2) is 0 Å². The van der Waals surface area contributed by atoms with Crippen LogP contribution < -0.4 is 0 Å². The smallest absolute Gasteiger partial charge is 0.166 e. The molecule has 0 unspecified atom stereocenters. The molecule has 0 saturated heterocycles. The number of halogens is 4. The Morgan fingerprint density at radius 3 is 2.24 bits per heavy atom. The fourth-order valence-corrected chi connectivity index (χ4v) is 1.85. The SMILES string of the molecule is FC(F)(F)c1cc[c]c(-c2ccccc2)c1Cl. The van der Waals surface area contributed by atoms with Gasteiger partial charge < -0.3 is 0 Å². The Balaban J connectivity index is 2.58. The van der Waals surface area contributed by atoms with Gasteiger partial charge in [0.15, 0.2) is 0 Å². The molecule has 0 aromatic heterocycles. The molecule has 0 amide bonds. The monoisotopic (exact) mass is 255 g/mol. The summed E-state index contributed by atoms with van der Waals surface area (Å²) in [5, 5.41) is -0.314. The van der Waals surface area contributed by atoms with Crippen LogP contribution >= 0.6 is 11.6 Å². The van der Waals surface area contributed by atoms with Crippen LogP contribution in [0.25, 0.3) is 11.1 Å². The molecule has 2 aromatic rings. The average molecular weight is 256 g/mol. The van der Waals surface area contributed by atoms with E-state index in [9.17, 15) is 13.2 Å². The molecule has 0 aliphatic carbocycles. The second kappa shape index (κ2) is 4.41. The van der Waals surface area contributed by atoms with Crippen molar-refractivity contribution in [2.24, 2.45) is 0 Å². The summed E-state index contributed by atoms with van der Waals surface area (Å²) in [7, 11) is 0. The molecule has 87 valence electrons. The Morgan fingerprint density at radius 1 is 1.00 bits per heavy atom. The maximum atomic E-state index is 12.6. The topological polar surface area (TPSA) is 0 Å². The molecule has 0 bridgehead atoms. The Bertz CT molecular complexity index is 518. The van der Waals surface area contributed by atoms with E-state index in [1.807, 2.05) is 0 Å². The van der Waals surface area contributed by atoms with Gasteiger partial charge in [-0.15, -0.1) is 0 Å². The van der Waals surface area contributed by atoms with Gasteiger partial charge in [-0.2, -0.15) is 13.2 Å². The Labute approximate surface area is 102 Å². The lowest BCUT2D eigenvalue weighted by molar-refractivity contribution is -0.137. The van der Waals surface area contributed by atoms with E-state index in [0.29, 0.717) is 5.56 Å². The van der Waals surface area contributed by atoms with Crippen molar-refractivity contribution in [2.75, 3.05) is 0 Å². The van der Waals surface area contributed by atoms with Crippen LogP contribution in [0.1, 0.15) is 5.56 Å². The Morgan fingerprint density at radius 2 is 1.65 bits per heavy atom. The summed E-state index contributed by atoms with van der Waals surface area (Å²) >= 11 is 5.78. The molecule has 0 aliphatic heterocycles. The molecular formula is C13H7ClF3. The van der Waals surface area contributed by atoms with Crippen molar-refractivity contribution in [3.63, 3.8) is 0 Å². The number of hydrogen-bond acceptors (Lipinski definition) is 0. The van der Waals surface area contributed by atoms with Gasteiger partial charge in [0.25, 0.3) is 0 Å². The van der Waals surface area contributed by atoms with Gasteiger partial charge in [0, 0.05) is 5.56 Å². The molecule has 0 nitrogen and oxygen atoms in total. The average Bonchev–Trinajstić information content (AvgIpc) is 2.29. The highest BCUT2D eigenvalue weighted by atomic mass is 35.5. The zero-order valence-electron chi connectivity index (χ0n) is 8.55. The van der Waals surface area contributed by atoms with Gasteiger partial charge >= 0.3 is 6.18 Å². The van der Waals surface area contributed by atoms with E-state index < -0.39 is 11.7 Å². The quantitative estimate of drug-likeness (QED) is 0.685. The molecule has 0 spiro atoms. The summed E-state index contributed by atoms with van der Waals surface area (Å²) in [5.41, 5.74) is 0.0439. The van der Waals surface area contributed by atoms with Gasteiger partial charge in [-0.05, 0) is 17.7 Å². The van der Waals surface area contributed by atoms with Crippen molar-refractivity contribution in [3.8, 4) is 11.1 Å². The molecule has 0 fully saturated rings. The van der Waals surface area contributed by atoms with E-state index in [-0.39, 0.29) is 10.6 Å². The van der Waals surface area contributed by atoms with E-state index in [2.05, 4.69) is 6.07 Å². The van der Waals surface area contributed by atoms with Crippen LogP contribution in [0.5, 0.6) is 0 Å². The molecule has 2 rings (SSSR count). The van der Waals surface area contributed by atoms with E-state index in [0.717, 1.165) is 6.07 Å². The van der Waals surface area contributed by atoms with Gasteiger partial charge in [0.2, 0.25) is 0 Å². The normalized spacial score (nSPS) is 11.5. The number of alkyl halides is 3. The maximum absolute atomic E-state index is 12.6.